The summed E-state index contributed by atoms with van der Waals surface area (Å²) in [5.74, 6) is 2.94. The molecule has 2 N–H and O–H groups in total. The molecule has 2 rings (SSSR count). The quantitative estimate of drug-likeness (QED) is 0.748. The van der Waals surface area contributed by atoms with E-state index in [1.165, 1.54) is 12.8 Å². The molecule has 1 atom stereocenters. The van der Waals surface area contributed by atoms with E-state index in [9.17, 15) is 0 Å². The highest BCUT2D eigenvalue weighted by Crippen LogP contribution is 2.20. The number of rotatable bonds is 2. The summed E-state index contributed by atoms with van der Waals surface area (Å²) < 4.78 is 0. The fourth-order valence-corrected chi connectivity index (χ4v) is 1.81. The van der Waals surface area contributed by atoms with Crippen LogP contribution in [-0.2, 0) is 0 Å². The monoisotopic (exact) mass is 194 g/mol. The maximum atomic E-state index is 4.53. The van der Waals surface area contributed by atoms with Crippen LogP contribution >= 0.6 is 0 Å². The maximum absolute atomic E-state index is 4.53. The molecule has 1 aliphatic rings. The van der Waals surface area contributed by atoms with E-state index in [0.29, 0.717) is 11.8 Å². The zero-order valence-electron chi connectivity index (χ0n) is 8.88. The molecule has 78 valence electrons. The van der Waals surface area contributed by atoms with Gasteiger partial charge in [0.2, 0.25) is 0 Å². The van der Waals surface area contributed by atoms with Crippen LogP contribution < -0.4 is 5.32 Å². The summed E-state index contributed by atoms with van der Waals surface area (Å²) in [6.45, 7) is 6.41. The first-order valence-corrected chi connectivity index (χ1v) is 5.40. The molecule has 4 heteroatoms. The van der Waals surface area contributed by atoms with Crippen LogP contribution in [0.5, 0.6) is 0 Å². The van der Waals surface area contributed by atoms with Crippen LogP contribution in [-0.4, -0.2) is 28.3 Å². The van der Waals surface area contributed by atoms with Crippen molar-refractivity contribution in [2.75, 3.05) is 13.1 Å². The molecule has 0 saturated carbocycles. The van der Waals surface area contributed by atoms with Crippen LogP contribution in [0, 0.1) is 0 Å². The Bertz CT molecular complexity index is 286. The second kappa shape index (κ2) is 4.09. The first-order chi connectivity index (χ1) is 6.77. The smallest absolute Gasteiger partial charge is 0.153 e. The molecule has 0 aliphatic carbocycles. The molecule has 1 saturated heterocycles. The van der Waals surface area contributed by atoms with Crippen molar-refractivity contribution in [1.82, 2.24) is 20.5 Å². The molecule has 0 spiro atoms. The van der Waals surface area contributed by atoms with Crippen molar-refractivity contribution in [3.8, 4) is 0 Å². The van der Waals surface area contributed by atoms with Gasteiger partial charge in [-0.05, 0) is 19.4 Å². The maximum Gasteiger partial charge on any atom is 0.153 e. The van der Waals surface area contributed by atoms with E-state index in [1.807, 2.05) is 0 Å². The first-order valence-electron chi connectivity index (χ1n) is 5.40. The Labute approximate surface area is 84.5 Å². The van der Waals surface area contributed by atoms with Gasteiger partial charge in [0.25, 0.3) is 0 Å². The fraction of sp³-hybridized carbons (Fsp3) is 0.800. The van der Waals surface area contributed by atoms with Gasteiger partial charge in [-0.25, -0.2) is 4.98 Å². The van der Waals surface area contributed by atoms with Gasteiger partial charge in [0.1, 0.15) is 5.82 Å². The van der Waals surface area contributed by atoms with Crippen molar-refractivity contribution in [2.24, 2.45) is 0 Å². The highest BCUT2D eigenvalue weighted by atomic mass is 15.2. The molecular formula is C10H18N4. The van der Waals surface area contributed by atoms with Gasteiger partial charge in [-0.2, -0.15) is 5.10 Å². The van der Waals surface area contributed by atoms with Crippen LogP contribution in [0.3, 0.4) is 0 Å². The van der Waals surface area contributed by atoms with Gasteiger partial charge in [-0.3, -0.25) is 5.10 Å². The molecule has 2 heterocycles. The molecule has 1 aliphatic heterocycles. The van der Waals surface area contributed by atoms with Crippen molar-refractivity contribution >= 4 is 0 Å². The Hall–Kier alpha value is -0.900. The molecule has 0 bridgehead atoms. The van der Waals surface area contributed by atoms with Gasteiger partial charge in [0, 0.05) is 18.4 Å². The minimum absolute atomic E-state index is 0.413. The van der Waals surface area contributed by atoms with Gasteiger partial charge >= 0.3 is 0 Å². The van der Waals surface area contributed by atoms with Gasteiger partial charge < -0.3 is 5.32 Å². The van der Waals surface area contributed by atoms with Crippen molar-refractivity contribution in [3.05, 3.63) is 11.6 Å². The summed E-state index contributed by atoms with van der Waals surface area (Å²) in [7, 11) is 0. The van der Waals surface area contributed by atoms with Crippen LogP contribution in [0.2, 0.25) is 0 Å². The van der Waals surface area contributed by atoms with E-state index >= 15 is 0 Å². The number of hydrogen-bond acceptors (Lipinski definition) is 3. The number of hydrogen-bond donors (Lipinski definition) is 2. The zero-order chi connectivity index (χ0) is 9.97. The van der Waals surface area contributed by atoms with Gasteiger partial charge in [0.05, 0.1) is 0 Å². The third-order valence-corrected chi connectivity index (χ3v) is 2.72. The minimum Gasteiger partial charge on any atom is -0.316 e. The fourth-order valence-electron chi connectivity index (χ4n) is 1.81. The van der Waals surface area contributed by atoms with Crippen molar-refractivity contribution in [3.63, 3.8) is 0 Å². The molecule has 14 heavy (non-hydrogen) atoms. The van der Waals surface area contributed by atoms with Crippen LogP contribution in [0.4, 0.5) is 0 Å². The van der Waals surface area contributed by atoms with Crippen molar-refractivity contribution in [1.29, 1.82) is 0 Å². The topological polar surface area (TPSA) is 53.6 Å². The second-order valence-corrected chi connectivity index (χ2v) is 4.28. The molecule has 1 aromatic heterocycles. The van der Waals surface area contributed by atoms with Crippen LogP contribution in [0.15, 0.2) is 0 Å². The molecule has 4 nitrogen and oxygen atoms in total. The van der Waals surface area contributed by atoms with Gasteiger partial charge in [-0.1, -0.05) is 13.8 Å². The predicted octanol–water partition coefficient (Wildman–Crippen LogP) is 1.40. The molecule has 1 fully saturated rings. The lowest BCUT2D eigenvalue weighted by Crippen LogP contribution is -2.28. The molecular weight excluding hydrogens is 176 g/mol. The zero-order valence-corrected chi connectivity index (χ0v) is 8.88. The summed E-state index contributed by atoms with van der Waals surface area (Å²) in [4.78, 5) is 4.53. The average Bonchev–Trinajstić information content (AvgIpc) is 2.68. The summed E-state index contributed by atoms with van der Waals surface area (Å²) in [5.41, 5.74) is 0. The molecule has 0 radical (unpaired) electrons. The minimum atomic E-state index is 0.413. The summed E-state index contributed by atoms with van der Waals surface area (Å²) in [5, 5.41) is 10.7. The lowest BCUT2D eigenvalue weighted by Gasteiger charge is -2.20. The largest absolute Gasteiger partial charge is 0.316 e. The lowest BCUT2D eigenvalue weighted by atomic mass is 9.99. The summed E-state index contributed by atoms with van der Waals surface area (Å²) >= 11 is 0. The first kappa shape index (κ1) is 9.65. The second-order valence-electron chi connectivity index (χ2n) is 4.28. The number of nitrogens with zero attached hydrogens (tertiary/aromatic N) is 2. The Morgan fingerprint density at radius 3 is 2.86 bits per heavy atom. The molecule has 0 amide bonds. The van der Waals surface area contributed by atoms with Gasteiger partial charge in [0.15, 0.2) is 5.82 Å². The van der Waals surface area contributed by atoms with Gasteiger partial charge in [-0.15, -0.1) is 0 Å². The molecule has 0 aromatic carbocycles. The Kier molecular flexibility index (Phi) is 2.82. The number of aromatic amines is 1. The SMILES string of the molecule is CC(C)c1n[nH]c(C2CCCNC2)n1. The molecule has 1 unspecified atom stereocenters. The third kappa shape index (κ3) is 1.95. The highest BCUT2D eigenvalue weighted by Gasteiger charge is 2.19. The molecule has 1 aromatic rings. The predicted molar refractivity (Wildman–Crippen MR) is 55.3 cm³/mol. The lowest BCUT2D eigenvalue weighted by molar-refractivity contribution is 0.447. The van der Waals surface area contributed by atoms with E-state index in [0.717, 1.165) is 24.7 Å². The average molecular weight is 194 g/mol. The van der Waals surface area contributed by atoms with E-state index < -0.39 is 0 Å². The third-order valence-electron chi connectivity index (χ3n) is 2.72. The van der Waals surface area contributed by atoms with Crippen LogP contribution in [0.1, 0.15) is 50.2 Å². The number of H-pyrrole nitrogens is 1. The van der Waals surface area contributed by atoms with E-state index in [4.69, 9.17) is 0 Å². The summed E-state index contributed by atoms with van der Waals surface area (Å²) in [6, 6.07) is 0. The normalized spacial score (nSPS) is 22.9. The number of nitrogens with one attached hydrogen (secondary N) is 2. The van der Waals surface area contributed by atoms with E-state index in [-0.39, 0.29) is 0 Å². The van der Waals surface area contributed by atoms with E-state index in [1.54, 1.807) is 0 Å². The highest BCUT2D eigenvalue weighted by molar-refractivity contribution is 5.02. The Morgan fingerprint density at radius 2 is 2.29 bits per heavy atom. The van der Waals surface area contributed by atoms with E-state index in [2.05, 4.69) is 34.3 Å². The number of aromatic nitrogens is 3. The number of piperidine rings is 1. The van der Waals surface area contributed by atoms with Crippen LogP contribution in [0.25, 0.3) is 0 Å². The summed E-state index contributed by atoms with van der Waals surface area (Å²) in [6.07, 6.45) is 2.46. The van der Waals surface area contributed by atoms with Crippen molar-refractivity contribution < 1.29 is 0 Å². The Balaban J connectivity index is 2.07. The van der Waals surface area contributed by atoms with Crippen molar-refractivity contribution in [2.45, 2.75) is 38.5 Å². The Morgan fingerprint density at radius 1 is 1.43 bits per heavy atom. The standard InChI is InChI=1S/C10H18N4/c1-7(2)9-12-10(14-13-9)8-4-3-5-11-6-8/h7-8,11H,3-6H2,1-2H3,(H,12,13,14).